The fourth-order valence-corrected chi connectivity index (χ4v) is 9.71. The van der Waals surface area contributed by atoms with Crippen LogP contribution in [0.25, 0.3) is 22.3 Å². The Morgan fingerprint density at radius 2 is 1.71 bits per heavy atom. The minimum atomic E-state index is -4.74. The molecule has 0 unspecified atom stereocenters. The van der Waals surface area contributed by atoms with Crippen LogP contribution >= 0.6 is 0 Å². The third-order valence-corrected chi connectivity index (χ3v) is 13.1. The van der Waals surface area contributed by atoms with Gasteiger partial charge in [-0.15, -0.1) is 0 Å². The lowest BCUT2D eigenvalue weighted by Crippen LogP contribution is -2.61. The number of hydrogen-bond acceptors (Lipinski definition) is 10. The van der Waals surface area contributed by atoms with Crippen molar-refractivity contribution in [1.82, 2.24) is 39.4 Å². The van der Waals surface area contributed by atoms with Gasteiger partial charge in [-0.3, -0.25) is 39.7 Å². The first-order valence-electron chi connectivity index (χ1n) is 22.1. The van der Waals surface area contributed by atoms with Crippen LogP contribution in [0.1, 0.15) is 72.1 Å². The van der Waals surface area contributed by atoms with E-state index in [4.69, 9.17) is 9.72 Å². The summed E-state index contributed by atoms with van der Waals surface area (Å²) < 4.78 is 85.0. The summed E-state index contributed by atoms with van der Waals surface area (Å²) in [6.45, 7) is 4.61. The van der Waals surface area contributed by atoms with Gasteiger partial charge in [0.25, 0.3) is 5.91 Å². The number of imidazole rings is 1. The number of alkyl halides is 3. The van der Waals surface area contributed by atoms with Crippen molar-refractivity contribution >= 4 is 46.3 Å². The predicted octanol–water partition coefficient (Wildman–Crippen LogP) is 6.10. The van der Waals surface area contributed by atoms with E-state index in [1.807, 2.05) is 10.6 Å². The first kappa shape index (κ1) is 44.7. The number of halogens is 5. The van der Waals surface area contributed by atoms with Crippen LogP contribution < -0.4 is 20.3 Å². The largest absolute Gasteiger partial charge is 0.477 e. The van der Waals surface area contributed by atoms with Gasteiger partial charge in [-0.25, -0.2) is 18.4 Å². The van der Waals surface area contributed by atoms with E-state index in [9.17, 15) is 32.3 Å². The zero-order valence-electron chi connectivity index (χ0n) is 36.6. The number of piperazine rings is 1. The lowest BCUT2D eigenvalue weighted by molar-refractivity contribution is -0.202. The molecule has 2 N–H and O–H groups in total. The van der Waals surface area contributed by atoms with E-state index < -0.39 is 71.4 Å². The Morgan fingerprint density at radius 1 is 0.924 bits per heavy atom. The first-order chi connectivity index (χ1) is 31.5. The topological polar surface area (TPSA) is 160 Å². The molecule has 3 aromatic heterocycles. The van der Waals surface area contributed by atoms with Crippen molar-refractivity contribution in [3.63, 3.8) is 0 Å². The van der Waals surface area contributed by atoms with E-state index in [1.165, 1.54) is 0 Å². The summed E-state index contributed by atoms with van der Waals surface area (Å²) in [5, 5.41) is 9.46. The highest BCUT2D eigenvalue weighted by Crippen LogP contribution is 2.37. The molecule has 5 aromatic rings. The molecule has 66 heavy (non-hydrogen) atoms. The van der Waals surface area contributed by atoms with Gasteiger partial charge in [0.1, 0.15) is 17.7 Å². The number of carbonyl (C=O) groups is 4. The first-order valence-corrected chi connectivity index (χ1v) is 22.1. The lowest BCUT2D eigenvalue weighted by Gasteiger charge is -2.43. The van der Waals surface area contributed by atoms with Gasteiger partial charge in [-0.05, 0) is 80.5 Å². The second kappa shape index (κ2) is 17.7. The molecule has 3 saturated heterocycles. The lowest BCUT2D eigenvalue weighted by atomic mass is 9.89. The van der Waals surface area contributed by atoms with Gasteiger partial charge >= 0.3 is 6.18 Å². The average molecular weight is 917 g/mol. The highest BCUT2D eigenvalue weighted by atomic mass is 19.4. The number of pyridine rings is 1. The molecule has 4 atom stereocenters. The Labute approximate surface area is 376 Å². The van der Waals surface area contributed by atoms with Crippen molar-refractivity contribution in [1.29, 1.82) is 0 Å². The fraction of sp³-hybridized carbons (Fsp3) is 0.457. The molecule has 0 spiro atoms. The molecule has 2 aromatic carbocycles. The molecule has 4 amide bonds. The van der Waals surface area contributed by atoms with Crippen LogP contribution in [0.5, 0.6) is 5.88 Å². The minimum Gasteiger partial charge on any atom is -0.477 e. The van der Waals surface area contributed by atoms with Crippen LogP contribution in [-0.4, -0.2) is 109 Å². The zero-order chi connectivity index (χ0) is 46.6. The number of nitrogens with zero attached hydrogens (tertiary/aromatic N) is 8. The highest BCUT2D eigenvalue weighted by Gasteiger charge is 2.50. The van der Waals surface area contributed by atoms with Crippen molar-refractivity contribution in [3.05, 3.63) is 82.7 Å². The van der Waals surface area contributed by atoms with Gasteiger partial charge in [-0.2, -0.15) is 18.3 Å². The molecule has 9 rings (SSSR count). The minimum absolute atomic E-state index is 0.0436. The third-order valence-electron chi connectivity index (χ3n) is 13.1. The number of imide groups is 1. The smallest absolute Gasteiger partial charge is 0.410 e. The van der Waals surface area contributed by atoms with Crippen molar-refractivity contribution in [3.8, 4) is 17.1 Å². The van der Waals surface area contributed by atoms with Crippen LogP contribution in [0.4, 0.5) is 33.6 Å². The average Bonchev–Trinajstić information content (AvgIpc) is 3.99. The van der Waals surface area contributed by atoms with Gasteiger partial charge < -0.3 is 19.1 Å². The van der Waals surface area contributed by atoms with Gasteiger partial charge in [0, 0.05) is 81.8 Å². The van der Waals surface area contributed by atoms with Crippen molar-refractivity contribution in [2.45, 2.75) is 77.2 Å². The summed E-state index contributed by atoms with van der Waals surface area (Å²) in [5.74, 6) is -5.38. The molecule has 0 radical (unpaired) electrons. The monoisotopic (exact) mass is 916 g/mol. The summed E-state index contributed by atoms with van der Waals surface area (Å²) in [7, 11) is 1.78. The Hall–Kier alpha value is -6.44. The molecule has 0 saturated carbocycles. The fourth-order valence-electron chi connectivity index (χ4n) is 9.71. The maximum atomic E-state index is 15.3. The number of fused-ring (bicyclic) bond motifs is 7. The second-order valence-corrected chi connectivity index (χ2v) is 17.9. The number of hydrogen-bond donors (Lipinski definition) is 2. The van der Waals surface area contributed by atoms with Crippen molar-refractivity contribution in [2.75, 3.05) is 49.5 Å². The van der Waals surface area contributed by atoms with Crippen molar-refractivity contribution < 1.29 is 45.9 Å². The Balaban J connectivity index is 0.902. The van der Waals surface area contributed by atoms with E-state index in [-0.39, 0.29) is 63.6 Å². The Bertz CT molecular complexity index is 2710. The van der Waals surface area contributed by atoms with E-state index in [0.29, 0.717) is 58.5 Å². The van der Waals surface area contributed by atoms with Crippen LogP contribution in [0.3, 0.4) is 0 Å². The SMILES string of the molecule is Cc1cc2cc(n1)-c1cnn(C)c1OCCC[C@@H](C)Cn1c(nc3ccc(CN4CCN(C(=O)[C@@H]5CCN(c6cc(F)c([C@H]7CCC(=O)NC7=O)c(F)c6)C5)[C@@H](C(F)(F)F)C4)cc31)NC2=O. The summed E-state index contributed by atoms with van der Waals surface area (Å²) in [6.07, 6.45) is -1.50. The molecule has 4 aliphatic rings. The van der Waals surface area contributed by atoms with E-state index >= 15 is 8.78 Å². The maximum Gasteiger partial charge on any atom is 0.410 e. The van der Waals surface area contributed by atoms with E-state index in [1.54, 1.807) is 58.9 Å². The van der Waals surface area contributed by atoms with Gasteiger partial charge in [0.15, 0.2) is 0 Å². The number of aryl methyl sites for hydroxylation is 2. The second-order valence-electron chi connectivity index (χ2n) is 17.9. The van der Waals surface area contributed by atoms with Crippen LogP contribution in [-0.2, 0) is 34.5 Å². The predicted molar refractivity (Wildman–Crippen MR) is 231 cm³/mol. The van der Waals surface area contributed by atoms with Gasteiger partial charge in [0.05, 0.1) is 46.9 Å². The molecule has 3 fully saturated rings. The normalized spacial score (nSPS) is 22.3. The number of amides is 4. The molecule has 20 heteroatoms. The quantitative estimate of drug-likeness (QED) is 0.156. The number of piperidine rings is 1. The summed E-state index contributed by atoms with van der Waals surface area (Å²) in [4.78, 5) is 65.2. The van der Waals surface area contributed by atoms with Crippen LogP contribution in [0.15, 0.2) is 48.7 Å². The van der Waals surface area contributed by atoms with Gasteiger partial charge in [-0.1, -0.05) is 13.0 Å². The molecule has 4 aliphatic heterocycles. The summed E-state index contributed by atoms with van der Waals surface area (Å²) in [5.41, 5.74) is 3.87. The van der Waals surface area contributed by atoms with Crippen LogP contribution in [0, 0.1) is 30.4 Å². The molecule has 2 bridgehead atoms. The number of benzene rings is 2. The Morgan fingerprint density at radius 3 is 2.47 bits per heavy atom. The molecule has 7 heterocycles. The standard InChI is InChI=1S/C46H49F5N10O5/c1-25-5-4-14-66-44-32(20-52-57(44)3)36-17-29(15-26(2)53-36)41(63)56-45-54-35-8-6-27(16-37(35)61(45)21-25)22-58-12-13-60(38(24-58)46(49,50)51)43(65)28-10-11-59(23-28)30-18-33(47)40(34(48)19-30)31-7-9-39(62)55-42(31)64/h6,8,15-20,25,28,31,38H,4-5,7,9-14,21-24H2,1-3H3,(H,54,56,63)(H,55,62,64)/t25-,28-,31-,38-/m1/s1. The van der Waals surface area contributed by atoms with E-state index in [2.05, 4.69) is 27.6 Å². The Kier molecular flexibility index (Phi) is 12.0. The van der Waals surface area contributed by atoms with Crippen molar-refractivity contribution in [2.24, 2.45) is 18.9 Å². The molecular formula is C46H49F5N10O5. The number of rotatable bonds is 5. The summed E-state index contributed by atoms with van der Waals surface area (Å²) >= 11 is 0. The number of anilines is 2. The van der Waals surface area contributed by atoms with E-state index in [0.717, 1.165) is 35.4 Å². The zero-order valence-corrected chi connectivity index (χ0v) is 36.6. The molecule has 0 aliphatic carbocycles. The highest BCUT2D eigenvalue weighted by molar-refractivity contribution is 6.05. The molecule has 15 nitrogen and oxygen atoms in total. The molecular weight excluding hydrogens is 868 g/mol. The summed E-state index contributed by atoms with van der Waals surface area (Å²) in [6, 6.07) is 8.87. The number of nitrogens with one attached hydrogen (secondary N) is 2. The number of carbonyl (C=O) groups excluding carboxylic acids is 4. The molecule has 348 valence electrons. The van der Waals surface area contributed by atoms with Crippen LogP contribution in [0.2, 0.25) is 0 Å². The third kappa shape index (κ3) is 8.93. The number of ether oxygens (including phenoxy) is 1. The number of aromatic nitrogens is 5. The maximum absolute atomic E-state index is 15.3. The van der Waals surface area contributed by atoms with Gasteiger partial charge in [0.2, 0.25) is 29.5 Å².